The summed E-state index contributed by atoms with van der Waals surface area (Å²) in [6.07, 6.45) is 3.46. The standard InChI is InChI=1S/C16H18N4O4/c1-11(21)12-6-7-18(9-12)16(22)13-8-17-19(10-13)14-2-4-15(5-3-14)20(23)24/h2-5,8,10-12,21H,6-7,9H2,1H3. The Labute approximate surface area is 138 Å². The maximum absolute atomic E-state index is 12.5. The van der Waals surface area contributed by atoms with Crippen molar-refractivity contribution in [3.8, 4) is 5.69 Å². The van der Waals surface area contributed by atoms with Gasteiger partial charge in [0, 0.05) is 37.3 Å². The van der Waals surface area contributed by atoms with Crippen LogP contribution in [0.1, 0.15) is 23.7 Å². The van der Waals surface area contributed by atoms with E-state index in [4.69, 9.17) is 0 Å². The number of non-ortho nitro benzene ring substituents is 1. The lowest BCUT2D eigenvalue weighted by molar-refractivity contribution is -0.384. The van der Waals surface area contributed by atoms with Crippen LogP contribution in [0.5, 0.6) is 0 Å². The Morgan fingerprint density at radius 1 is 1.42 bits per heavy atom. The van der Waals surface area contributed by atoms with E-state index in [2.05, 4.69) is 5.10 Å². The predicted octanol–water partition coefficient (Wildman–Crippen LogP) is 1.62. The third-order valence-electron chi connectivity index (χ3n) is 4.35. The Balaban J connectivity index is 1.73. The number of likely N-dealkylation sites (tertiary alicyclic amines) is 1. The fourth-order valence-corrected chi connectivity index (χ4v) is 2.85. The molecule has 0 spiro atoms. The van der Waals surface area contributed by atoms with E-state index < -0.39 is 11.0 Å². The summed E-state index contributed by atoms with van der Waals surface area (Å²) in [4.78, 5) is 24.4. The maximum Gasteiger partial charge on any atom is 0.269 e. The van der Waals surface area contributed by atoms with Crippen LogP contribution in [0.25, 0.3) is 5.69 Å². The van der Waals surface area contributed by atoms with Crippen molar-refractivity contribution in [2.75, 3.05) is 13.1 Å². The number of aliphatic hydroxyl groups is 1. The Bertz CT molecular complexity index is 754. The minimum absolute atomic E-state index is 0.00318. The van der Waals surface area contributed by atoms with Gasteiger partial charge in [-0.25, -0.2) is 4.68 Å². The molecule has 0 bridgehead atoms. The number of aliphatic hydroxyl groups excluding tert-OH is 1. The van der Waals surface area contributed by atoms with Gasteiger partial charge < -0.3 is 10.0 Å². The summed E-state index contributed by atoms with van der Waals surface area (Å²) in [6, 6.07) is 5.95. The van der Waals surface area contributed by atoms with E-state index in [1.165, 1.54) is 23.0 Å². The van der Waals surface area contributed by atoms with E-state index >= 15 is 0 Å². The van der Waals surface area contributed by atoms with Crippen molar-refractivity contribution < 1.29 is 14.8 Å². The average molecular weight is 330 g/mol. The molecule has 2 unspecified atom stereocenters. The second kappa shape index (κ2) is 6.40. The van der Waals surface area contributed by atoms with Crippen molar-refractivity contribution >= 4 is 11.6 Å². The van der Waals surface area contributed by atoms with E-state index in [1.807, 2.05) is 0 Å². The lowest BCUT2D eigenvalue weighted by atomic mass is 10.0. The molecular formula is C16H18N4O4. The summed E-state index contributed by atoms with van der Waals surface area (Å²) in [6.45, 7) is 2.90. The monoisotopic (exact) mass is 330 g/mol. The Kier molecular flexibility index (Phi) is 4.30. The number of nitro groups is 1. The highest BCUT2D eigenvalue weighted by molar-refractivity contribution is 5.94. The van der Waals surface area contributed by atoms with Gasteiger partial charge in [0.05, 0.1) is 28.5 Å². The molecule has 3 rings (SSSR count). The van der Waals surface area contributed by atoms with Crippen LogP contribution in [0, 0.1) is 16.0 Å². The minimum atomic E-state index is -0.465. The van der Waals surface area contributed by atoms with Gasteiger partial charge in [-0.3, -0.25) is 14.9 Å². The van der Waals surface area contributed by atoms with Crippen molar-refractivity contribution in [2.24, 2.45) is 5.92 Å². The molecule has 8 nitrogen and oxygen atoms in total. The smallest absolute Gasteiger partial charge is 0.269 e. The average Bonchev–Trinajstić information content (AvgIpc) is 3.24. The molecule has 1 aromatic heterocycles. The van der Waals surface area contributed by atoms with Gasteiger partial charge in [0.25, 0.3) is 11.6 Å². The Hall–Kier alpha value is -2.74. The topological polar surface area (TPSA) is 102 Å². The summed E-state index contributed by atoms with van der Waals surface area (Å²) in [7, 11) is 0. The lowest BCUT2D eigenvalue weighted by Crippen LogP contribution is -2.30. The van der Waals surface area contributed by atoms with Crippen molar-refractivity contribution in [3.05, 3.63) is 52.3 Å². The number of nitrogens with zero attached hydrogens (tertiary/aromatic N) is 4. The van der Waals surface area contributed by atoms with Gasteiger partial charge >= 0.3 is 0 Å². The molecule has 1 saturated heterocycles. The SMILES string of the molecule is CC(O)C1CCN(C(=O)c2cnn(-c3ccc([N+](=O)[O-])cc3)c2)C1. The van der Waals surface area contributed by atoms with Crippen LogP contribution in [0.3, 0.4) is 0 Å². The first-order valence-electron chi connectivity index (χ1n) is 7.72. The van der Waals surface area contributed by atoms with Gasteiger partial charge in [-0.05, 0) is 25.5 Å². The fraction of sp³-hybridized carbons (Fsp3) is 0.375. The maximum atomic E-state index is 12.5. The molecule has 0 aliphatic carbocycles. The normalized spacial score (nSPS) is 18.6. The quantitative estimate of drug-likeness (QED) is 0.678. The highest BCUT2D eigenvalue weighted by Gasteiger charge is 2.30. The zero-order valence-electron chi connectivity index (χ0n) is 13.2. The summed E-state index contributed by atoms with van der Waals surface area (Å²) in [5, 5.41) is 24.5. The van der Waals surface area contributed by atoms with Crippen molar-refractivity contribution in [1.29, 1.82) is 0 Å². The Morgan fingerprint density at radius 2 is 2.12 bits per heavy atom. The van der Waals surface area contributed by atoms with Gasteiger partial charge in [-0.2, -0.15) is 5.10 Å². The van der Waals surface area contributed by atoms with Crippen LogP contribution >= 0.6 is 0 Å². The van der Waals surface area contributed by atoms with E-state index in [0.717, 1.165) is 6.42 Å². The summed E-state index contributed by atoms with van der Waals surface area (Å²) >= 11 is 0. The van der Waals surface area contributed by atoms with Crippen molar-refractivity contribution in [2.45, 2.75) is 19.4 Å². The van der Waals surface area contributed by atoms with E-state index in [-0.39, 0.29) is 17.5 Å². The Morgan fingerprint density at radius 3 is 2.71 bits per heavy atom. The van der Waals surface area contributed by atoms with E-state index in [1.54, 1.807) is 30.2 Å². The molecule has 0 saturated carbocycles. The second-order valence-corrected chi connectivity index (χ2v) is 5.99. The number of carbonyl (C=O) groups is 1. The van der Waals surface area contributed by atoms with E-state index in [0.29, 0.717) is 24.3 Å². The first kappa shape index (κ1) is 16.1. The molecule has 8 heteroatoms. The number of aromatic nitrogens is 2. The number of benzene rings is 1. The summed E-state index contributed by atoms with van der Waals surface area (Å²) in [5.74, 6) is -0.00928. The van der Waals surface area contributed by atoms with Crippen molar-refractivity contribution in [3.63, 3.8) is 0 Å². The molecule has 2 aromatic rings. The molecule has 24 heavy (non-hydrogen) atoms. The van der Waals surface area contributed by atoms with Crippen LogP contribution in [0.15, 0.2) is 36.7 Å². The van der Waals surface area contributed by atoms with Crippen LogP contribution < -0.4 is 0 Å². The highest BCUT2D eigenvalue weighted by atomic mass is 16.6. The molecule has 1 fully saturated rings. The van der Waals surface area contributed by atoms with Crippen LogP contribution in [0.2, 0.25) is 0 Å². The van der Waals surface area contributed by atoms with E-state index in [9.17, 15) is 20.0 Å². The zero-order valence-corrected chi connectivity index (χ0v) is 13.2. The van der Waals surface area contributed by atoms with Gasteiger partial charge in [-0.15, -0.1) is 0 Å². The molecule has 1 aliphatic rings. The van der Waals surface area contributed by atoms with Crippen LogP contribution in [-0.4, -0.2) is 49.8 Å². The minimum Gasteiger partial charge on any atom is -0.393 e. The van der Waals surface area contributed by atoms with Crippen LogP contribution in [0.4, 0.5) is 5.69 Å². The molecular weight excluding hydrogens is 312 g/mol. The number of rotatable bonds is 4. The second-order valence-electron chi connectivity index (χ2n) is 5.99. The number of hydrogen-bond donors (Lipinski definition) is 1. The molecule has 1 N–H and O–H groups in total. The molecule has 2 heterocycles. The molecule has 1 aliphatic heterocycles. The van der Waals surface area contributed by atoms with Gasteiger partial charge in [0.2, 0.25) is 0 Å². The molecule has 2 atom stereocenters. The van der Waals surface area contributed by atoms with Gasteiger partial charge in [0.15, 0.2) is 0 Å². The third-order valence-corrected chi connectivity index (χ3v) is 4.35. The van der Waals surface area contributed by atoms with Gasteiger partial charge in [-0.1, -0.05) is 0 Å². The molecule has 0 radical (unpaired) electrons. The molecule has 1 aromatic carbocycles. The number of amides is 1. The highest BCUT2D eigenvalue weighted by Crippen LogP contribution is 2.22. The third kappa shape index (κ3) is 3.13. The van der Waals surface area contributed by atoms with Gasteiger partial charge in [0.1, 0.15) is 0 Å². The summed E-state index contributed by atoms with van der Waals surface area (Å²) in [5.41, 5.74) is 1.10. The summed E-state index contributed by atoms with van der Waals surface area (Å²) < 4.78 is 1.51. The van der Waals surface area contributed by atoms with Crippen LogP contribution in [-0.2, 0) is 0 Å². The number of carbonyl (C=O) groups excluding carboxylic acids is 1. The zero-order chi connectivity index (χ0) is 17.3. The first-order valence-corrected chi connectivity index (χ1v) is 7.72. The number of nitro benzene ring substituents is 1. The lowest BCUT2D eigenvalue weighted by Gasteiger charge is -2.16. The van der Waals surface area contributed by atoms with Crippen molar-refractivity contribution in [1.82, 2.24) is 14.7 Å². The number of hydrogen-bond acceptors (Lipinski definition) is 5. The molecule has 126 valence electrons. The fourth-order valence-electron chi connectivity index (χ4n) is 2.85. The predicted molar refractivity (Wildman–Crippen MR) is 85.9 cm³/mol. The first-order chi connectivity index (χ1) is 11.5. The largest absolute Gasteiger partial charge is 0.393 e. The molecule has 1 amide bonds.